The molecule has 1 fully saturated rings. The minimum absolute atomic E-state index is 0.469. The molecular formula is C14H21N3S2. The number of piperidine rings is 1. The predicted octanol–water partition coefficient (Wildman–Crippen LogP) is 3.25. The topological polar surface area (TPSA) is 41.3 Å². The monoisotopic (exact) mass is 295 g/mol. The molecule has 0 aromatic heterocycles. The van der Waals surface area contributed by atoms with Gasteiger partial charge in [-0.2, -0.15) is 0 Å². The van der Waals surface area contributed by atoms with Crippen molar-refractivity contribution in [2.75, 3.05) is 24.3 Å². The lowest BCUT2D eigenvalue weighted by atomic mass is 10.1. The number of anilines is 1. The Morgan fingerprint density at radius 3 is 2.74 bits per heavy atom. The van der Waals surface area contributed by atoms with E-state index in [0.717, 1.165) is 35.0 Å². The Balaban J connectivity index is 2.22. The van der Waals surface area contributed by atoms with Crippen molar-refractivity contribution in [1.29, 1.82) is 0 Å². The van der Waals surface area contributed by atoms with Gasteiger partial charge in [0.1, 0.15) is 4.99 Å². The molecule has 1 aliphatic rings. The number of nitrogens with zero attached hydrogens (tertiary/aromatic N) is 1. The standard InChI is InChI=1S/C14H21N3S2/c1-2-19-12-8-6-7-11(13(12)14(15)18)16-17-9-4-3-5-10-17/h6-8,16H,2-5,9-10H2,1H3,(H2,15,18). The van der Waals surface area contributed by atoms with Crippen LogP contribution in [0.25, 0.3) is 0 Å². The average molecular weight is 295 g/mol. The molecule has 0 amide bonds. The minimum Gasteiger partial charge on any atom is -0.389 e. The second-order valence-corrected chi connectivity index (χ2v) is 6.38. The van der Waals surface area contributed by atoms with Gasteiger partial charge in [0.15, 0.2) is 0 Å². The third kappa shape index (κ3) is 3.84. The molecule has 5 heteroatoms. The van der Waals surface area contributed by atoms with Crippen molar-refractivity contribution in [3.05, 3.63) is 23.8 Å². The Labute approximate surface area is 124 Å². The third-order valence-electron chi connectivity index (χ3n) is 3.21. The number of hydrogen-bond acceptors (Lipinski definition) is 4. The number of benzene rings is 1. The van der Waals surface area contributed by atoms with Crippen molar-refractivity contribution in [3.63, 3.8) is 0 Å². The van der Waals surface area contributed by atoms with Crippen LogP contribution in [-0.2, 0) is 0 Å². The van der Waals surface area contributed by atoms with Gasteiger partial charge in [-0.25, -0.2) is 5.01 Å². The first-order valence-corrected chi connectivity index (χ1v) is 8.19. The lowest BCUT2D eigenvalue weighted by Gasteiger charge is -2.29. The Kier molecular flexibility index (Phi) is 5.48. The maximum atomic E-state index is 5.91. The van der Waals surface area contributed by atoms with Gasteiger partial charge in [-0.15, -0.1) is 11.8 Å². The van der Waals surface area contributed by atoms with Crippen LogP contribution in [0, 0.1) is 0 Å². The van der Waals surface area contributed by atoms with Crippen molar-refractivity contribution in [2.45, 2.75) is 31.1 Å². The van der Waals surface area contributed by atoms with Gasteiger partial charge in [0, 0.05) is 23.5 Å². The summed E-state index contributed by atoms with van der Waals surface area (Å²) in [5.41, 5.74) is 11.4. The molecule has 0 bridgehead atoms. The molecule has 1 heterocycles. The molecule has 19 heavy (non-hydrogen) atoms. The zero-order valence-electron chi connectivity index (χ0n) is 11.3. The van der Waals surface area contributed by atoms with Crippen LogP contribution < -0.4 is 11.2 Å². The Bertz CT molecular complexity index is 442. The highest BCUT2D eigenvalue weighted by molar-refractivity contribution is 7.99. The van der Waals surface area contributed by atoms with Crippen LogP contribution in [0.15, 0.2) is 23.1 Å². The van der Waals surface area contributed by atoms with E-state index < -0.39 is 0 Å². The van der Waals surface area contributed by atoms with E-state index in [0.29, 0.717) is 4.99 Å². The molecule has 0 radical (unpaired) electrons. The van der Waals surface area contributed by atoms with Crippen LogP contribution in [0.1, 0.15) is 31.7 Å². The second-order valence-electron chi connectivity index (χ2n) is 4.64. The van der Waals surface area contributed by atoms with Gasteiger partial charge in [-0.1, -0.05) is 31.6 Å². The molecule has 0 aliphatic carbocycles. The summed E-state index contributed by atoms with van der Waals surface area (Å²) >= 11 is 7.01. The van der Waals surface area contributed by atoms with Gasteiger partial charge in [-0.3, -0.25) is 0 Å². The highest BCUT2D eigenvalue weighted by Crippen LogP contribution is 2.29. The van der Waals surface area contributed by atoms with Gasteiger partial charge < -0.3 is 11.2 Å². The molecular weight excluding hydrogens is 274 g/mol. The van der Waals surface area contributed by atoms with Crippen molar-refractivity contribution in [2.24, 2.45) is 5.73 Å². The van der Waals surface area contributed by atoms with Crippen LogP contribution in [0.3, 0.4) is 0 Å². The van der Waals surface area contributed by atoms with Crippen molar-refractivity contribution in [1.82, 2.24) is 5.01 Å². The van der Waals surface area contributed by atoms with Gasteiger partial charge in [0.2, 0.25) is 0 Å². The van der Waals surface area contributed by atoms with E-state index in [1.807, 2.05) is 0 Å². The summed E-state index contributed by atoms with van der Waals surface area (Å²) in [6.07, 6.45) is 3.82. The number of thiocarbonyl (C=S) groups is 1. The van der Waals surface area contributed by atoms with Gasteiger partial charge in [0.25, 0.3) is 0 Å². The summed E-state index contributed by atoms with van der Waals surface area (Å²) in [5.74, 6) is 1.02. The molecule has 0 spiro atoms. The number of hydrogen-bond donors (Lipinski definition) is 2. The van der Waals surface area contributed by atoms with Crippen LogP contribution >= 0.6 is 24.0 Å². The fourth-order valence-corrected chi connectivity index (χ4v) is 3.46. The lowest BCUT2D eigenvalue weighted by Crippen LogP contribution is -2.35. The smallest absolute Gasteiger partial charge is 0.107 e. The first kappa shape index (κ1) is 14.6. The largest absolute Gasteiger partial charge is 0.389 e. The summed E-state index contributed by atoms with van der Waals surface area (Å²) in [6, 6.07) is 6.21. The van der Waals surface area contributed by atoms with E-state index in [1.165, 1.54) is 19.3 Å². The summed E-state index contributed by atoms with van der Waals surface area (Å²) < 4.78 is 0. The van der Waals surface area contributed by atoms with E-state index in [-0.39, 0.29) is 0 Å². The zero-order valence-corrected chi connectivity index (χ0v) is 12.9. The van der Waals surface area contributed by atoms with Crippen molar-refractivity contribution < 1.29 is 0 Å². The summed E-state index contributed by atoms with van der Waals surface area (Å²) in [4.78, 5) is 1.63. The quantitative estimate of drug-likeness (QED) is 0.645. The van der Waals surface area contributed by atoms with Crippen LogP contribution in [0.4, 0.5) is 5.69 Å². The zero-order chi connectivity index (χ0) is 13.7. The molecule has 2 rings (SSSR count). The van der Waals surface area contributed by atoms with E-state index in [9.17, 15) is 0 Å². The maximum Gasteiger partial charge on any atom is 0.107 e. The first-order chi connectivity index (χ1) is 9.22. The number of rotatable bonds is 5. The molecule has 1 aliphatic heterocycles. The normalized spacial score (nSPS) is 16.3. The van der Waals surface area contributed by atoms with E-state index in [2.05, 4.69) is 35.6 Å². The summed E-state index contributed by atoms with van der Waals surface area (Å²) in [5, 5.41) is 2.26. The number of nitrogens with one attached hydrogen (secondary N) is 1. The van der Waals surface area contributed by atoms with E-state index in [4.69, 9.17) is 18.0 Å². The fraction of sp³-hybridized carbons (Fsp3) is 0.500. The summed E-state index contributed by atoms with van der Waals surface area (Å²) in [7, 11) is 0. The van der Waals surface area contributed by atoms with Crippen LogP contribution in [0.5, 0.6) is 0 Å². The molecule has 3 N–H and O–H groups in total. The lowest BCUT2D eigenvalue weighted by molar-refractivity contribution is 0.273. The molecule has 0 unspecified atom stereocenters. The van der Waals surface area contributed by atoms with Crippen LogP contribution in [-0.4, -0.2) is 28.8 Å². The Hall–Kier alpha value is -0.780. The van der Waals surface area contributed by atoms with Gasteiger partial charge in [0.05, 0.1) is 5.69 Å². The van der Waals surface area contributed by atoms with Gasteiger partial charge >= 0.3 is 0 Å². The van der Waals surface area contributed by atoms with E-state index >= 15 is 0 Å². The number of thioether (sulfide) groups is 1. The second kappa shape index (κ2) is 7.12. The molecule has 1 aromatic rings. The molecule has 1 saturated heterocycles. The van der Waals surface area contributed by atoms with Crippen molar-refractivity contribution in [3.8, 4) is 0 Å². The predicted molar refractivity (Wildman–Crippen MR) is 87.8 cm³/mol. The number of nitrogens with two attached hydrogens (primary N) is 1. The Morgan fingerprint density at radius 1 is 1.37 bits per heavy atom. The molecule has 3 nitrogen and oxygen atoms in total. The maximum absolute atomic E-state index is 5.91. The first-order valence-electron chi connectivity index (χ1n) is 6.79. The van der Waals surface area contributed by atoms with Crippen LogP contribution in [0.2, 0.25) is 0 Å². The highest BCUT2D eigenvalue weighted by Gasteiger charge is 2.15. The highest BCUT2D eigenvalue weighted by atomic mass is 32.2. The molecule has 0 saturated carbocycles. The van der Waals surface area contributed by atoms with Gasteiger partial charge in [-0.05, 0) is 30.7 Å². The fourth-order valence-electron chi connectivity index (χ4n) is 2.33. The molecule has 1 aromatic carbocycles. The summed E-state index contributed by atoms with van der Waals surface area (Å²) in [6.45, 7) is 4.31. The average Bonchev–Trinajstić information content (AvgIpc) is 2.40. The molecule has 104 valence electrons. The van der Waals surface area contributed by atoms with Crippen molar-refractivity contribution >= 4 is 34.7 Å². The number of hydrazine groups is 1. The molecule has 0 atom stereocenters. The SMILES string of the molecule is CCSc1cccc(NN2CCCCC2)c1C(N)=S. The third-order valence-corrected chi connectivity index (χ3v) is 4.35. The minimum atomic E-state index is 0.469. The van der Waals surface area contributed by atoms with E-state index in [1.54, 1.807) is 11.8 Å². The Morgan fingerprint density at radius 2 is 2.11 bits per heavy atom.